The largest absolute Gasteiger partial charge is 0.493 e. The summed E-state index contributed by atoms with van der Waals surface area (Å²) in [6.45, 7) is 2.58. The highest BCUT2D eigenvalue weighted by molar-refractivity contribution is 5.97. The van der Waals surface area contributed by atoms with Crippen LogP contribution in [0.3, 0.4) is 0 Å². The van der Waals surface area contributed by atoms with Gasteiger partial charge in [0.25, 0.3) is 0 Å². The van der Waals surface area contributed by atoms with Crippen LogP contribution in [0.4, 0.5) is 10.5 Å². The molecule has 0 saturated carbocycles. The van der Waals surface area contributed by atoms with Crippen molar-refractivity contribution in [2.75, 3.05) is 45.4 Å². The molecular formula is C28H30N4O6. The number of amides is 3. The SMILES string of the molecule is COc1ccc(C2c3cccn3CCN2C(=O)NC2CC(=O)N(c3ccc4c(c3)OCCO4)C2)cc1OC. The molecule has 3 aliphatic rings. The lowest BCUT2D eigenvalue weighted by atomic mass is 9.99. The summed E-state index contributed by atoms with van der Waals surface area (Å²) in [5, 5.41) is 3.12. The number of urea groups is 1. The van der Waals surface area contributed by atoms with E-state index in [-0.39, 0.29) is 30.4 Å². The second-order valence-corrected chi connectivity index (χ2v) is 9.52. The highest BCUT2D eigenvalue weighted by atomic mass is 16.6. The van der Waals surface area contributed by atoms with E-state index >= 15 is 0 Å². The van der Waals surface area contributed by atoms with Gasteiger partial charge in [-0.25, -0.2) is 4.79 Å². The summed E-state index contributed by atoms with van der Waals surface area (Å²) in [4.78, 5) is 30.1. The molecule has 0 spiro atoms. The van der Waals surface area contributed by atoms with Crippen molar-refractivity contribution >= 4 is 17.6 Å². The Bertz CT molecular complexity index is 1370. The van der Waals surface area contributed by atoms with Crippen LogP contribution >= 0.6 is 0 Å². The van der Waals surface area contributed by atoms with Crippen molar-refractivity contribution in [3.05, 3.63) is 66.0 Å². The van der Waals surface area contributed by atoms with Crippen LogP contribution in [0.15, 0.2) is 54.7 Å². The van der Waals surface area contributed by atoms with Crippen LogP contribution in [0.1, 0.15) is 23.7 Å². The molecule has 1 fully saturated rings. The van der Waals surface area contributed by atoms with Crippen LogP contribution in [0.5, 0.6) is 23.0 Å². The number of rotatable bonds is 5. The van der Waals surface area contributed by atoms with Crippen molar-refractivity contribution in [2.45, 2.75) is 25.0 Å². The fourth-order valence-corrected chi connectivity index (χ4v) is 5.49. The minimum absolute atomic E-state index is 0.0454. The van der Waals surface area contributed by atoms with E-state index in [1.54, 1.807) is 19.1 Å². The Morgan fingerprint density at radius 1 is 0.974 bits per heavy atom. The Morgan fingerprint density at radius 2 is 1.79 bits per heavy atom. The lowest BCUT2D eigenvalue weighted by Gasteiger charge is -2.38. The van der Waals surface area contributed by atoms with Gasteiger partial charge in [0.15, 0.2) is 23.0 Å². The van der Waals surface area contributed by atoms with Crippen LogP contribution in [-0.4, -0.2) is 68.0 Å². The van der Waals surface area contributed by atoms with Gasteiger partial charge < -0.3 is 38.6 Å². The molecule has 10 nitrogen and oxygen atoms in total. The molecular weight excluding hydrogens is 488 g/mol. The molecule has 38 heavy (non-hydrogen) atoms. The van der Waals surface area contributed by atoms with E-state index < -0.39 is 0 Å². The molecule has 0 aliphatic carbocycles. The number of carbonyl (C=O) groups is 2. The van der Waals surface area contributed by atoms with Crippen molar-refractivity contribution < 1.29 is 28.5 Å². The van der Waals surface area contributed by atoms with Gasteiger partial charge in [0.2, 0.25) is 5.91 Å². The van der Waals surface area contributed by atoms with Crippen molar-refractivity contribution in [3.8, 4) is 23.0 Å². The molecule has 3 aliphatic heterocycles. The summed E-state index contributed by atoms with van der Waals surface area (Å²) in [6.07, 6.45) is 2.25. The van der Waals surface area contributed by atoms with Gasteiger partial charge in [-0.2, -0.15) is 0 Å². The highest BCUT2D eigenvalue weighted by Crippen LogP contribution is 2.38. The van der Waals surface area contributed by atoms with Crippen molar-refractivity contribution in [2.24, 2.45) is 0 Å². The summed E-state index contributed by atoms with van der Waals surface area (Å²) in [7, 11) is 3.19. The lowest BCUT2D eigenvalue weighted by Crippen LogP contribution is -2.50. The molecule has 10 heteroatoms. The maximum absolute atomic E-state index is 13.7. The second-order valence-electron chi connectivity index (χ2n) is 9.52. The summed E-state index contributed by atoms with van der Waals surface area (Å²) in [5.74, 6) is 2.49. The van der Waals surface area contributed by atoms with E-state index in [0.29, 0.717) is 55.8 Å². The molecule has 3 aromatic rings. The normalized spacial score (nSPS) is 20.2. The number of aromatic nitrogens is 1. The molecule has 2 unspecified atom stereocenters. The van der Waals surface area contributed by atoms with Crippen molar-refractivity contribution in [3.63, 3.8) is 0 Å². The number of hydrogen-bond acceptors (Lipinski definition) is 6. The van der Waals surface area contributed by atoms with E-state index in [1.165, 1.54) is 0 Å². The number of anilines is 1. The quantitative estimate of drug-likeness (QED) is 0.558. The van der Waals surface area contributed by atoms with Crippen LogP contribution in [0.25, 0.3) is 0 Å². The topological polar surface area (TPSA) is 94.5 Å². The van der Waals surface area contributed by atoms with Gasteiger partial charge in [-0.15, -0.1) is 0 Å². The van der Waals surface area contributed by atoms with Gasteiger partial charge in [-0.05, 0) is 42.0 Å². The number of methoxy groups -OCH3 is 2. The first kappa shape index (κ1) is 24.0. The smallest absolute Gasteiger partial charge is 0.318 e. The summed E-state index contributed by atoms with van der Waals surface area (Å²) >= 11 is 0. The van der Waals surface area contributed by atoms with Gasteiger partial charge >= 0.3 is 6.03 Å². The zero-order chi connectivity index (χ0) is 26.2. The van der Waals surface area contributed by atoms with E-state index in [9.17, 15) is 9.59 Å². The Hall–Kier alpha value is -4.34. The molecule has 0 radical (unpaired) electrons. The zero-order valence-corrected chi connectivity index (χ0v) is 21.4. The Kier molecular flexibility index (Phi) is 6.22. The van der Waals surface area contributed by atoms with E-state index in [4.69, 9.17) is 18.9 Å². The minimum Gasteiger partial charge on any atom is -0.493 e. The van der Waals surface area contributed by atoms with Gasteiger partial charge in [-0.3, -0.25) is 4.79 Å². The third-order valence-electron chi connectivity index (χ3n) is 7.31. The number of ether oxygens (including phenoxy) is 4. The van der Waals surface area contributed by atoms with Gasteiger partial charge in [0.1, 0.15) is 13.2 Å². The first-order valence-corrected chi connectivity index (χ1v) is 12.7. The maximum Gasteiger partial charge on any atom is 0.318 e. The van der Waals surface area contributed by atoms with Gasteiger partial charge in [-0.1, -0.05) is 6.07 Å². The summed E-state index contributed by atoms with van der Waals surface area (Å²) in [5.41, 5.74) is 2.66. The molecule has 2 atom stereocenters. The molecule has 1 N–H and O–H groups in total. The fraction of sp³-hybridized carbons (Fsp3) is 0.357. The molecule has 1 aromatic heterocycles. The first-order valence-electron chi connectivity index (χ1n) is 12.7. The lowest BCUT2D eigenvalue weighted by molar-refractivity contribution is -0.117. The van der Waals surface area contributed by atoms with Gasteiger partial charge in [0, 0.05) is 49.7 Å². The van der Waals surface area contributed by atoms with Gasteiger partial charge in [0.05, 0.1) is 26.3 Å². The first-order chi connectivity index (χ1) is 18.6. The zero-order valence-electron chi connectivity index (χ0n) is 21.4. The maximum atomic E-state index is 13.7. The highest BCUT2D eigenvalue weighted by Gasteiger charge is 2.37. The van der Waals surface area contributed by atoms with Crippen LogP contribution in [0, 0.1) is 0 Å². The predicted molar refractivity (Wildman–Crippen MR) is 139 cm³/mol. The number of hydrogen-bond donors (Lipinski definition) is 1. The molecule has 3 amide bonds. The Labute approximate surface area is 220 Å². The minimum atomic E-state index is -0.317. The van der Waals surface area contributed by atoms with Crippen molar-refractivity contribution in [1.82, 2.24) is 14.8 Å². The summed E-state index contributed by atoms with van der Waals surface area (Å²) < 4.78 is 24.4. The summed E-state index contributed by atoms with van der Waals surface area (Å²) in [6, 6.07) is 14.4. The molecule has 1 saturated heterocycles. The molecule has 4 heterocycles. The number of nitrogens with zero attached hydrogens (tertiary/aromatic N) is 3. The number of carbonyl (C=O) groups excluding carboxylic acids is 2. The average Bonchev–Trinajstić information content (AvgIpc) is 3.58. The van der Waals surface area contributed by atoms with E-state index in [0.717, 1.165) is 16.9 Å². The predicted octanol–water partition coefficient (Wildman–Crippen LogP) is 3.20. The Balaban J connectivity index is 1.22. The van der Waals surface area contributed by atoms with Crippen molar-refractivity contribution in [1.29, 1.82) is 0 Å². The third-order valence-corrected chi connectivity index (χ3v) is 7.31. The Morgan fingerprint density at radius 3 is 2.61 bits per heavy atom. The molecule has 6 rings (SSSR count). The number of nitrogens with one attached hydrogen (secondary N) is 1. The average molecular weight is 519 g/mol. The molecule has 2 aromatic carbocycles. The second kappa shape index (κ2) is 9.85. The van der Waals surface area contributed by atoms with E-state index in [2.05, 4.69) is 9.88 Å². The number of fused-ring (bicyclic) bond motifs is 2. The molecule has 198 valence electrons. The van der Waals surface area contributed by atoms with Crippen LogP contribution < -0.4 is 29.2 Å². The van der Waals surface area contributed by atoms with E-state index in [1.807, 2.05) is 59.6 Å². The third kappa shape index (κ3) is 4.25. The van der Waals surface area contributed by atoms with Crippen LogP contribution in [-0.2, 0) is 11.3 Å². The monoisotopic (exact) mass is 518 g/mol. The number of benzene rings is 2. The van der Waals surface area contributed by atoms with Crippen LogP contribution in [0.2, 0.25) is 0 Å². The standard InChI is InChI=1S/C28H30N4O6/c1-35-22-7-5-18(14-24(22)36-2)27-21-4-3-9-30(21)10-11-31(27)28(34)29-19-15-26(33)32(17-19)20-6-8-23-25(16-20)38-13-12-37-23/h3-9,14,16,19,27H,10-13,15,17H2,1-2H3,(H,29,34). The molecule has 0 bridgehead atoms. The fourth-order valence-electron chi connectivity index (χ4n) is 5.49.